The van der Waals surface area contributed by atoms with Crippen LogP contribution in [0.15, 0.2) is 54.7 Å². The van der Waals surface area contributed by atoms with E-state index in [4.69, 9.17) is 0 Å². The molecule has 1 unspecified atom stereocenters. The lowest BCUT2D eigenvalue weighted by Gasteiger charge is -2.20. The van der Waals surface area contributed by atoms with Crippen LogP contribution in [-0.2, 0) is 11.8 Å². The third-order valence-electron chi connectivity index (χ3n) is 6.43. The summed E-state index contributed by atoms with van der Waals surface area (Å²) < 4.78 is 0. The lowest BCUT2D eigenvalue weighted by Crippen LogP contribution is -2.16. The van der Waals surface area contributed by atoms with Crippen molar-refractivity contribution in [2.45, 2.75) is 64.7 Å². The summed E-state index contributed by atoms with van der Waals surface area (Å²) in [7, 11) is 0. The van der Waals surface area contributed by atoms with Crippen molar-refractivity contribution >= 4 is 22.3 Å². The number of benzene rings is 2. The summed E-state index contributed by atoms with van der Waals surface area (Å²) in [4.78, 5) is 21.9. The highest BCUT2D eigenvalue weighted by molar-refractivity contribution is 7.15. The molecule has 1 fully saturated rings. The average molecular weight is 447 g/mol. The van der Waals surface area contributed by atoms with Gasteiger partial charge >= 0.3 is 0 Å². The van der Waals surface area contributed by atoms with Gasteiger partial charge < -0.3 is 4.90 Å². The molecule has 0 N–H and O–H groups in total. The number of anilines is 1. The number of hydrogen-bond acceptors (Lipinski definition) is 4. The van der Waals surface area contributed by atoms with Crippen LogP contribution >= 0.6 is 11.3 Å². The predicted molar refractivity (Wildman–Crippen MR) is 135 cm³/mol. The molecule has 4 rings (SSSR count). The molecular weight excluding hydrogens is 412 g/mol. The fourth-order valence-electron chi connectivity index (χ4n) is 4.34. The lowest BCUT2D eigenvalue weighted by atomic mass is 9.83. The second kappa shape index (κ2) is 9.58. The van der Waals surface area contributed by atoms with Gasteiger partial charge in [0.1, 0.15) is 0 Å². The van der Waals surface area contributed by atoms with Crippen LogP contribution in [0.4, 0.5) is 5.13 Å². The van der Waals surface area contributed by atoms with Crippen molar-refractivity contribution in [1.29, 1.82) is 0 Å². The topological polar surface area (TPSA) is 33.2 Å². The molecule has 32 heavy (non-hydrogen) atoms. The quantitative estimate of drug-likeness (QED) is 0.368. The fraction of sp³-hybridized carbons (Fsp3) is 0.429. The molecule has 1 saturated heterocycles. The Balaban J connectivity index is 1.53. The van der Waals surface area contributed by atoms with E-state index in [1.54, 1.807) is 11.3 Å². The third-order valence-corrected chi connectivity index (χ3v) is 7.55. The first kappa shape index (κ1) is 22.7. The second-order valence-electron chi connectivity index (χ2n) is 10.00. The number of ketones is 1. The van der Waals surface area contributed by atoms with Crippen LogP contribution in [0.1, 0.15) is 77.9 Å². The van der Waals surface area contributed by atoms with Crippen LogP contribution in [0, 0.1) is 6.92 Å². The van der Waals surface area contributed by atoms with E-state index in [1.807, 2.05) is 18.3 Å². The van der Waals surface area contributed by atoms with Gasteiger partial charge in [-0.2, -0.15) is 0 Å². The third kappa shape index (κ3) is 5.29. The maximum atomic E-state index is 13.6. The molecule has 0 amide bonds. The van der Waals surface area contributed by atoms with Crippen molar-refractivity contribution in [3.63, 3.8) is 0 Å². The maximum Gasteiger partial charge on any atom is 0.185 e. The van der Waals surface area contributed by atoms with Crippen LogP contribution in [0.5, 0.6) is 0 Å². The largest absolute Gasteiger partial charge is 0.348 e. The average Bonchev–Trinajstić information content (AvgIpc) is 3.46. The van der Waals surface area contributed by atoms with E-state index in [0.717, 1.165) is 42.2 Å². The minimum atomic E-state index is -0.145. The standard InChI is InChI=1S/C28H34N2OS/c1-20-7-9-21(10-8-20)25(26(31)22-11-13-23(14-12-22)28(2,3)4)16-15-24-19-29-27(32-24)30-17-5-6-18-30/h7-14,19,25H,5-6,15-18H2,1-4H3. The SMILES string of the molecule is Cc1ccc(C(CCc2cnc(N3CCCC3)s2)C(=O)c2ccc(C(C)(C)C)cc2)cc1. The van der Waals surface area contributed by atoms with Gasteiger partial charge in [-0.05, 0) is 49.1 Å². The lowest BCUT2D eigenvalue weighted by molar-refractivity contribution is 0.0955. The van der Waals surface area contributed by atoms with Crippen molar-refractivity contribution in [3.8, 4) is 0 Å². The van der Waals surface area contributed by atoms with Gasteiger partial charge in [-0.25, -0.2) is 4.98 Å². The minimum absolute atomic E-state index is 0.0805. The predicted octanol–water partition coefficient (Wildman–Crippen LogP) is 6.95. The normalized spacial score (nSPS) is 15.2. The number of aromatic nitrogens is 1. The molecule has 1 aliphatic rings. The zero-order chi connectivity index (χ0) is 22.7. The molecule has 0 radical (unpaired) electrons. The monoisotopic (exact) mass is 446 g/mol. The van der Waals surface area contributed by atoms with E-state index in [9.17, 15) is 4.79 Å². The van der Waals surface area contributed by atoms with E-state index in [2.05, 4.69) is 74.0 Å². The smallest absolute Gasteiger partial charge is 0.185 e. The molecule has 168 valence electrons. The van der Waals surface area contributed by atoms with Crippen LogP contribution in [-0.4, -0.2) is 23.9 Å². The molecule has 1 aromatic heterocycles. The Morgan fingerprint density at radius 1 is 1.03 bits per heavy atom. The van der Waals surface area contributed by atoms with Gasteiger partial charge in [0.05, 0.1) is 0 Å². The van der Waals surface area contributed by atoms with Crippen LogP contribution in [0.25, 0.3) is 0 Å². The molecule has 0 aliphatic carbocycles. The zero-order valence-corrected chi connectivity index (χ0v) is 20.5. The second-order valence-corrected chi connectivity index (χ2v) is 11.1. The Morgan fingerprint density at radius 3 is 2.31 bits per heavy atom. The number of rotatable bonds is 7. The Hall–Kier alpha value is -2.46. The van der Waals surface area contributed by atoms with Gasteiger partial charge in [0.15, 0.2) is 10.9 Å². The summed E-state index contributed by atoms with van der Waals surface area (Å²) >= 11 is 1.79. The van der Waals surface area contributed by atoms with Crippen molar-refractivity contribution < 1.29 is 4.79 Å². The Labute approximate surface area is 196 Å². The van der Waals surface area contributed by atoms with Crippen molar-refractivity contribution in [1.82, 2.24) is 4.98 Å². The molecule has 2 heterocycles. The van der Waals surface area contributed by atoms with Crippen LogP contribution in [0.2, 0.25) is 0 Å². The molecule has 1 aliphatic heterocycles. The van der Waals surface area contributed by atoms with Gasteiger partial charge in [0.2, 0.25) is 0 Å². The first-order valence-electron chi connectivity index (χ1n) is 11.7. The van der Waals surface area contributed by atoms with Gasteiger partial charge in [-0.1, -0.05) is 74.9 Å². The van der Waals surface area contributed by atoms with E-state index in [1.165, 1.54) is 28.8 Å². The molecule has 0 spiro atoms. The van der Waals surface area contributed by atoms with E-state index < -0.39 is 0 Å². The van der Waals surface area contributed by atoms with Gasteiger partial charge in [0, 0.05) is 35.6 Å². The fourth-order valence-corrected chi connectivity index (χ4v) is 5.31. The summed E-state index contributed by atoms with van der Waals surface area (Å²) in [5.41, 5.74) is 4.44. The molecule has 4 heteroatoms. The molecule has 3 nitrogen and oxygen atoms in total. The van der Waals surface area contributed by atoms with E-state index >= 15 is 0 Å². The van der Waals surface area contributed by atoms with Gasteiger partial charge in [0.25, 0.3) is 0 Å². The molecule has 2 aromatic carbocycles. The Kier molecular flexibility index (Phi) is 6.80. The molecule has 0 saturated carbocycles. The Morgan fingerprint density at radius 2 is 1.69 bits per heavy atom. The van der Waals surface area contributed by atoms with Crippen molar-refractivity contribution in [3.05, 3.63) is 81.9 Å². The number of thiazole rings is 1. The summed E-state index contributed by atoms with van der Waals surface area (Å²) in [5, 5.41) is 1.13. The van der Waals surface area contributed by atoms with Crippen LogP contribution in [0.3, 0.4) is 0 Å². The van der Waals surface area contributed by atoms with E-state index in [0.29, 0.717) is 0 Å². The zero-order valence-electron chi connectivity index (χ0n) is 19.7. The highest BCUT2D eigenvalue weighted by atomic mass is 32.1. The number of carbonyl (C=O) groups excluding carboxylic acids is 1. The molecule has 3 aromatic rings. The first-order chi connectivity index (χ1) is 15.3. The number of Topliss-reactive ketones (excluding diaryl/α,β-unsaturated/α-hetero) is 1. The highest BCUT2D eigenvalue weighted by Gasteiger charge is 2.24. The number of carbonyl (C=O) groups is 1. The first-order valence-corrected chi connectivity index (χ1v) is 12.5. The van der Waals surface area contributed by atoms with Crippen molar-refractivity contribution in [2.24, 2.45) is 0 Å². The molecule has 0 bridgehead atoms. The van der Waals surface area contributed by atoms with E-state index in [-0.39, 0.29) is 17.1 Å². The number of aryl methyl sites for hydroxylation is 2. The maximum absolute atomic E-state index is 13.6. The molecular formula is C28H34N2OS. The van der Waals surface area contributed by atoms with Gasteiger partial charge in [-0.15, -0.1) is 11.3 Å². The number of hydrogen-bond donors (Lipinski definition) is 0. The highest BCUT2D eigenvalue weighted by Crippen LogP contribution is 2.31. The van der Waals surface area contributed by atoms with Crippen molar-refractivity contribution in [2.75, 3.05) is 18.0 Å². The van der Waals surface area contributed by atoms with Crippen LogP contribution < -0.4 is 4.90 Å². The summed E-state index contributed by atoms with van der Waals surface area (Å²) in [6.45, 7) is 10.9. The summed E-state index contributed by atoms with van der Waals surface area (Å²) in [5.74, 6) is 0.0621. The Bertz CT molecular complexity index is 1040. The number of nitrogens with zero attached hydrogens (tertiary/aromatic N) is 2. The van der Waals surface area contributed by atoms with Gasteiger partial charge in [-0.3, -0.25) is 4.79 Å². The minimum Gasteiger partial charge on any atom is -0.348 e. The summed E-state index contributed by atoms with van der Waals surface area (Å²) in [6, 6.07) is 16.7. The molecule has 1 atom stereocenters. The summed E-state index contributed by atoms with van der Waals surface area (Å²) in [6.07, 6.45) is 6.19.